The summed E-state index contributed by atoms with van der Waals surface area (Å²) >= 11 is 0. The van der Waals surface area contributed by atoms with Gasteiger partial charge in [-0.25, -0.2) is 4.98 Å². The summed E-state index contributed by atoms with van der Waals surface area (Å²) in [6, 6.07) is 3.94. The first-order chi connectivity index (χ1) is 13.2. The van der Waals surface area contributed by atoms with Crippen LogP contribution in [0, 0.1) is 11.8 Å². The SMILES string of the molecule is NC(=O)CC1CCC(CCN2CCN(c3nccc4occc34)CC2)CC1. The third-order valence-electron chi connectivity index (χ3n) is 6.34. The molecule has 2 fully saturated rings. The van der Waals surface area contributed by atoms with E-state index in [0.717, 1.165) is 48.9 Å². The van der Waals surface area contributed by atoms with Gasteiger partial charge in [0.15, 0.2) is 0 Å². The van der Waals surface area contributed by atoms with Gasteiger partial charge in [-0.15, -0.1) is 0 Å². The summed E-state index contributed by atoms with van der Waals surface area (Å²) < 4.78 is 5.50. The molecule has 0 radical (unpaired) electrons. The molecule has 1 saturated heterocycles. The second-order valence-electron chi connectivity index (χ2n) is 8.14. The molecule has 0 bridgehead atoms. The van der Waals surface area contributed by atoms with Crippen LogP contribution < -0.4 is 10.6 Å². The minimum Gasteiger partial charge on any atom is -0.464 e. The lowest BCUT2D eigenvalue weighted by atomic mass is 9.79. The number of hydrogen-bond donors (Lipinski definition) is 1. The number of carbonyl (C=O) groups is 1. The smallest absolute Gasteiger partial charge is 0.217 e. The van der Waals surface area contributed by atoms with Crippen molar-refractivity contribution in [3.05, 3.63) is 24.6 Å². The average molecular weight is 370 g/mol. The highest BCUT2D eigenvalue weighted by atomic mass is 16.3. The first-order valence-electron chi connectivity index (χ1n) is 10.3. The van der Waals surface area contributed by atoms with E-state index in [0.29, 0.717) is 12.3 Å². The molecule has 0 spiro atoms. The van der Waals surface area contributed by atoms with E-state index >= 15 is 0 Å². The molecule has 27 heavy (non-hydrogen) atoms. The predicted octanol–water partition coefficient (Wildman–Crippen LogP) is 3.02. The van der Waals surface area contributed by atoms with Crippen molar-refractivity contribution in [2.45, 2.75) is 38.5 Å². The molecule has 4 rings (SSSR count). The summed E-state index contributed by atoms with van der Waals surface area (Å²) in [6.45, 7) is 5.40. The van der Waals surface area contributed by atoms with Crippen molar-refractivity contribution >= 4 is 22.7 Å². The Bertz CT molecular complexity index is 758. The third-order valence-corrected chi connectivity index (χ3v) is 6.34. The lowest BCUT2D eigenvalue weighted by Gasteiger charge is -2.36. The fourth-order valence-electron chi connectivity index (χ4n) is 4.69. The Labute approximate surface area is 160 Å². The maximum Gasteiger partial charge on any atom is 0.217 e. The number of furan rings is 1. The minimum absolute atomic E-state index is 0.142. The monoisotopic (exact) mass is 370 g/mol. The summed E-state index contributed by atoms with van der Waals surface area (Å²) in [5.74, 6) is 2.25. The van der Waals surface area contributed by atoms with Crippen molar-refractivity contribution in [2.24, 2.45) is 17.6 Å². The summed E-state index contributed by atoms with van der Waals surface area (Å²) in [7, 11) is 0. The van der Waals surface area contributed by atoms with Crippen LogP contribution in [-0.4, -0.2) is 48.5 Å². The van der Waals surface area contributed by atoms with Crippen LogP contribution >= 0.6 is 0 Å². The van der Waals surface area contributed by atoms with E-state index in [9.17, 15) is 4.79 Å². The van der Waals surface area contributed by atoms with Gasteiger partial charge in [0.2, 0.25) is 5.91 Å². The van der Waals surface area contributed by atoms with Gasteiger partial charge in [-0.05, 0) is 49.8 Å². The molecule has 2 N–H and O–H groups in total. The van der Waals surface area contributed by atoms with E-state index in [1.165, 1.54) is 38.6 Å². The zero-order valence-corrected chi connectivity index (χ0v) is 16.0. The van der Waals surface area contributed by atoms with Gasteiger partial charge in [-0.1, -0.05) is 12.8 Å². The molecule has 1 aliphatic heterocycles. The normalized spacial score (nSPS) is 24.4. The third kappa shape index (κ3) is 4.43. The molecule has 146 valence electrons. The fourth-order valence-corrected chi connectivity index (χ4v) is 4.69. The molecule has 1 aliphatic carbocycles. The summed E-state index contributed by atoms with van der Waals surface area (Å²) in [4.78, 5) is 20.6. The molecule has 2 aromatic rings. The first kappa shape index (κ1) is 18.3. The van der Waals surface area contributed by atoms with Gasteiger partial charge in [0.1, 0.15) is 11.4 Å². The molecule has 0 atom stereocenters. The van der Waals surface area contributed by atoms with Crippen LogP contribution in [0.25, 0.3) is 11.0 Å². The van der Waals surface area contributed by atoms with Crippen molar-refractivity contribution in [3.8, 4) is 0 Å². The lowest BCUT2D eigenvalue weighted by molar-refractivity contribution is -0.119. The van der Waals surface area contributed by atoms with Crippen LogP contribution in [0.2, 0.25) is 0 Å². The summed E-state index contributed by atoms with van der Waals surface area (Å²) in [6.07, 6.45) is 10.3. The zero-order chi connectivity index (χ0) is 18.6. The largest absolute Gasteiger partial charge is 0.464 e. The van der Waals surface area contributed by atoms with Crippen LogP contribution in [0.4, 0.5) is 5.82 Å². The van der Waals surface area contributed by atoms with Crippen LogP contribution in [0.15, 0.2) is 29.0 Å². The topological polar surface area (TPSA) is 75.6 Å². The summed E-state index contributed by atoms with van der Waals surface area (Å²) in [5.41, 5.74) is 6.24. The average Bonchev–Trinajstić information content (AvgIpc) is 3.16. The molecule has 0 unspecified atom stereocenters. The van der Waals surface area contributed by atoms with Crippen molar-refractivity contribution in [1.29, 1.82) is 0 Å². The van der Waals surface area contributed by atoms with E-state index in [1.807, 2.05) is 18.3 Å². The number of primary amides is 1. The number of carbonyl (C=O) groups excluding carboxylic acids is 1. The van der Waals surface area contributed by atoms with E-state index in [1.54, 1.807) is 6.26 Å². The lowest BCUT2D eigenvalue weighted by Crippen LogP contribution is -2.47. The molecule has 6 heteroatoms. The van der Waals surface area contributed by atoms with E-state index < -0.39 is 0 Å². The number of rotatable bonds is 6. The molecular weight excluding hydrogens is 340 g/mol. The number of amides is 1. The van der Waals surface area contributed by atoms with Crippen LogP contribution in [-0.2, 0) is 4.79 Å². The quantitative estimate of drug-likeness (QED) is 0.846. The Balaban J connectivity index is 1.21. The van der Waals surface area contributed by atoms with E-state index in [2.05, 4.69) is 14.8 Å². The highest BCUT2D eigenvalue weighted by Gasteiger charge is 2.24. The number of hydrogen-bond acceptors (Lipinski definition) is 5. The molecule has 0 aromatic carbocycles. The van der Waals surface area contributed by atoms with E-state index in [4.69, 9.17) is 10.2 Å². The molecule has 2 aromatic heterocycles. The minimum atomic E-state index is -0.142. The fraction of sp³-hybridized carbons (Fsp3) is 0.619. The second kappa shape index (κ2) is 8.30. The zero-order valence-electron chi connectivity index (χ0n) is 16.0. The Morgan fingerprint density at radius 3 is 2.59 bits per heavy atom. The summed E-state index contributed by atoms with van der Waals surface area (Å²) in [5, 5.41) is 1.11. The van der Waals surface area contributed by atoms with Crippen molar-refractivity contribution in [3.63, 3.8) is 0 Å². The van der Waals surface area contributed by atoms with Gasteiger partial charge in [0, 0.05) is 38.8 Å². The molecule has 1 amide bonds. The Kier molecular flexibility index (Phi) is 5.62. The maximum atomic E-state index is 11.1. The van der Waals surface area contributed by atoms with Crippen molar-refractivity contribution < 1.29 is 9.21 Å². The van der Waals surface area contributed by atoms with Gasteiger partial charge in [-0.3, -0.25) is 9.69 Å². The van der Waals surface area contributed by atoms with Crippen molar-refractivity contribution in [2.75, 3.05) is 37.6 Å². The van der Waals surface area contributed by atoms with Crippen molar-refractivity contribution in [1.82, 2.24) is 9.88 Å². The van der Waals surface area contributed by atoms with Gasteiger partial charge in [0.05, 0.1) is 11.6 Å². The van der Waals surface area contributed by atoms with Gasteiger partial charge < -0.3 is 15.1 Å². The molecule has 2 aliphatic rings. The Hall–Kier alpha value is -2.08. The van der Waals surface area contributed by atoms with Crippen LogP contribution in [0.3, 0.4) is 0 Å². The molecular formula is C21H30N4O2. The maximum absolute atomic E-state index is 11.1. The van der Waals surface area contributed by atoms with Crippen LogP contribution in [0.5, 0.6) is 0 Å². The molecule has 1 saturated carbocycles. The predicted molar refractivity (Wildman–Crippen MR) is 107 cm³/mol. The van der Waals surface area contributed by atoms with Crippen LogP contribution in [0.1, 0.15) is 38.5 Å². The van der Waals surface area contributed by atoms with Gasteiger partial charge >= 0.3 is 0 Å². The van der Waals surface area contributed by atoms with Gasteiger partial charge in [-0.2, -0.15) is 0 Å². The number of aromatic nitrogens is 1. The number of nitrogens with zero attached hydrogens (tertiary/aromatic N) is 3. The van der Waals surface area contributed by atoms with E-state index in [-0.39, 0.29) is 5.91 Å². The first-order valence-corrected chi connectivity index (χ1v) is 10.3. The number of piperazine rings is 1. The number of nitrogens with two attached hydrogens (primary N) is 1. The van der Waals surface area contributed by atoms with Gasteiger partial charge in [0.25, 0.3) is 0 Å². The highest BCUT2D eigenvalue weighted by molar-refractivity contribution is 5.88. The molecule has 6 nitrogen and oxygen atoms in total. The number of anilines is 1. The second-order valence-corrected chi connectivity index (χ2v) is 8.14. The Morgan fingerprint density at radius 1 is 1.11 bits per heavy atom. The molecule has 3 heterocycles. The Morgan fingerprint density at radius 2 is 1.85 bits per heavy atom. The number of fused-ring (bicyclic) bond motifs is 1. The highest BCUT2D eigenvalue weighted by Crippen LogP contribution is 2.33. The standard InChI is InChI=1S/C21H30N4O2/c22-20(26)15-17-3-1-16(2-4-17)6-9-24-10-12-25(13-11-24)21-18-7-14-27-19(18)5-8-23-21/h5,7-8,14,16-17H,1-4,6,9-13,15H2,(H2,22,26). The number of pyridine rings is 1.